The monoisotopic (exact) mass is 487 g/mol. The molecule has 0 saturated carbocycles. The van der Waals surface area contributed by atoms with Gasteiger partial charge in [0.1, 0.15) is 23.1 Å². The van der Waals surface area contributed by atoms with Crippen LogP contribution >= 0.6 is 0 Å². The second kappa shape index (κ2) is 9.98. The van der Waals surface area contributed by atoms with E-state index in [9.17, 15) is 13.2 Å². The maximum Gasteiger partial charge on any atom is 0.243 e. The molecule has 4 rings (SSSR count). The van der Waals surface area contributed by atoms with Gasteiger partial charge in [-0.15, -0.1) is 5.10 Å². The number of fused-ring (bicyclic) bond motifs is 1. The van der Waals surface area contributed by atoms with E-state index in [2.05, 4.69) is 15.6 Å². The van der Waals surface area contributed by atoms with E-state index in [0.29, 0.717) is 42.1 Å². The summed E-state index contributed by atoms with van der Waals surface area (Å²) in [6.45, 7) is 3.00. The largest absolute Gasteiger partial charge is 0.497 e. The van der Waals surface area contributed by atoms with Crippen LogP contribution in [0.2, 0.25) is 0 Å². The molecular weight excluding hydrogens is 458 g/mol. The Morgan fingerprint density at radius 2 is 1.97 bits per heavy atom. The number of rotatable bonds is 8. The van der Waals surface area contributed by atoms with E-state index in [0.717, 1.165) is 18.4 Å². The molecule has 1 saturated heterocycles. The number of carbonyl (C=O) groups excluding carboxylic acids is 1. The van der Waals surface area contributed by atoms with Crippen LogP contribution < -0.4 is 14.8 Å². The highest BCUT2D eigenvalue weighted by Crippen LogP contribution is 2.31. The molecule has 1 amide bonds. The Bertz CT molecular complexity index is 1290. The topological polar surface area (TPSA) is 116 Å². The van der Waals surface area contributed by atoms with Crippen molar-refractivity contribution in [3.63, 3.8) is 0 Å². The minimum absolute atomic E-state index is 0.0993. The van der Waals surface area contributed by atoms with Crippen LogP contribution in [0.5, 0.6) is 11.5 Å². The van der Waals surface area contributed by atoms with Gasteiger partial charge < -0.3 is 14.8 Å². The quantitative estimate of drug-likeness (QED) is 0.519. The number of piperidine rings is 1. The van der Waals surface area contributed by atoms with E-state index in [1.54, 1.807) is 35.0 Å². The number of ether oxygens (including phenoxy) is 2. The van der Waals surface area contributed by atoms with E-state index >= 15 is 0 Å². The fraction of sp³-hybridized carbons (Fsp3) is 0.435. The van der Waals surface area contributed by atoms with E-state index in [1.807, 2.05) is 6.92 Å². The molecule has 0 spiro atoms. The van der Waals surface area contributed by atoms with Gasteiger partial charge in [-0.1, -0.05) is 18.6 Å². The lowest BCUT2D eigenvalue weighted by molar-refractivity contribution is -0.120. The number of carbonyl (C=O) groups is 1. The van der Waals surface area contributed by atoms with Crippen LogP contribution in [-0.4, -0.2) is 60.4 Å². The average Bonchev–Trinajstić information content (AvgIpc) is 3.26. The van der Waals surface area contributed by atoms with Crippen molar-refractivity contribution < 1.29 is 22.7 Å². The molecule has 1 N–H and O–H groups in total. The molecule has 1 fully saturated rings. The standard InChI is InChI=1S/C23H29N5O5S/c1-4-12-27-20-10-9-17(15-18(20)25-26-27)34(30,31)28-13-6-5-7-21(28)23(29)24-19-14-16(32-2)8-11-22(19)33-3/h8-11,14-15,21H,4-7,12-13H2,1-3H3,(H,24,29)/t21-/m1/s1. The van der Waals surface area contributed by atoms with Crippen molar-refractivity contribution in [3.05, 3.63) is 36.4 Å². The van der Waals surface area contributed by atoms with Crippen LogP contribution in [-0.2, 0) is 21.4 Å². The molecule has 0 unspecified atom stereocenters. The molecule has 10 nitrogen and oxygen atoms in total. The first-order valence-electron chi connectivity index (χ1n) is 11.3. The summed E-state index contributed by atoms with van der Waals surface area (Å²) in [5, 5.41) is 11.1. The molecule has 1 atom stereocenters. The second-order valence-corrected chi connectivity index (χ2v) is 10.0. The maximum absolute atomic E-state index is 13.6. The van der Waals surface area contributed by atoms with Gasteiger partial charge in [-0.05, 0) is 49.6 Å². The van der Waals surface area contributed by atoms with Gasteiger partial charge in [-0.2, -0.15) is 4.31 Å². The molecule has 2 heterocycles. The SMILES string of the molecule is CCCn1nnc2cc(S(=O)(=O)N3CCCC[C@@H]3C(=O)Nc3cc(OC)ccc3OC)ccc21. The average molecular weight is 488 g/mol. The van der Waals surface area contributed by atoms with Crippen LogP contribution in [0.3, 0.4) is 0 Å². The number of anilines is 1. The van der Waals surface area contributed by atoms with Crippen molar-refractivity contribution in [3.8, 4) is 11.5 Å². The van der Waals surface area contributed by atoms with Crippen molar-refractivity contribution >= 4 is 32.7 Å². The van der Waals surface area contributed by atoms with Gasteiger partial charge in [-0.25, -0.2) is 13.1 Å². The summed E-state index contributed by atoms with van der Waals surface area (Å²) in [5.41, 5.74) is 1.70. The molecule has 0 bridgehead atoms. The third-order valence-corrected chi connectivity index (χ3v) is 7.85. The van der Waals surface area contributed by atoms with Crippen molar-refractivity contribution in [2.75, 3.05) is 26.1 Å². The fourth-order valence-corrected chi connectivity index (χ4v) is 5.88. The normalized spacial score (nSPS) is 17.0. The number of aromatic nitrogens is 3. The van der Waals surface area contributed by atoms with Crippen LogP contribution in [0.4, 0.5) is 5.69 Å². The van der Waals surface area contributed by atoms with Crippen LogP contribution in [0.25, 0.3) is 11.0 Å². The lowest BCUT2D eigenvalue weighted by Crippen LogP contribution is -2.49. The van der Waals surface area contributed by atoms with Crippen molar-refractivity contribution in [1.82, 2.24) is 19.3 Å². The fourth-order valence-electron chi connectivity index (χ4n) is 4.21. The Balaban J connectivity index is 1.62. The molecule has 0 radical (unpaired) electrons. The Kier molecular flexibility index (Phi) is 7.03. The van der Waals surface area contributed by atoms with Crippen molar-refractivity contribution in [1.29, 1.82) is 0 Å². The van der Waals surface area contributed by atoms with E-state index in [1.165, 1.54) is 24.6 Å². The Hall–Kier alpha value is -3.18. The van der Waals surface area contributed by atoms with Gasteiger partial charge in [0.05, 0.1) is 30.3 Å². The zero-order valence-electron chi connectivity index (χ0n) is 19.5. The van der Waals surface area contributed by atoms with Crippen LogP contribution in [0.15, 0.2) is 41.3 Å². The van der Waals surface area contributed by atoms with Crippen LogP contribution in [0.1, 0.15) is 32.6 Å². The second-order valence-electron chi connectivity index (χ2n) is 8.15. The summed E-state index contributed by atoms with van der Waals surface area (Å²) in [7, 11) is -0.902. The molecule has 0 aliphatic carbocycles. The van der Waals surface area contributed by atoms with Crippen molar-refractivity contribution in [2.45, 2.75) is 50.1 Å². The number of nitrogens with one attached hydrogen (secondary N) is 1. The van der Waals surface area contributed by atoms with Gasteiger partial charge >= 0.3 is 0 Å². The summed E-state index contributed by atoms with van der Waals surface area (Å²) in [6.07, 6.45) is 2.75. The molecular formula is C23H29N5O5S. The molecule has 3 aromatic rings. The first-order valence-corrected chi connectivity index (χ1v) is 12.7. The molecule has 1 aliphatic rings. The smallest absolute Gasteiger partial charge is 0.243 e. The molecule has 1 aliphatic heterocycles. The van der Waals surface area contributed by atoms with Gasteiger partial charge in [0.2, 0.25) is 15.9 Å². The van der Waals surface area contributed by atoms with Crippen molar-refractivity contribution in [2.24, 2.45) is 0 Å². The van der Waals surface area contributed by atoms with E-state index in [4.69, 9.17) is 9.47 Å². The van der Waals surface area contributed by atoms with Gasteiger partial charge in [-0.3, -0.25) is 4.79 Å². The Morgan fingerprint density at radius 1 is 1.15 bits per heavy atom. The van der Waals surface area contributed by atoms with Gasteiger partial charge in [0.15, 0.2) is 0 Å². The minimum Gasteiger partial charge on any atom is -0.497 e. The number of sulfonamides is 1. The number of methoxy groups -OCH3 is 2. The third-order valence-electron chi connectivity index (χ3n) is 5.95. The zero-order chi connectivity index (χ0) is 24.3. The lowest BCUT2D eigenvalue weighted by Gasteiger charge is -2.33. The molecule has 2 aromatic carbocycles. The first kappa shape index (κ1) is 24.0. The molecule has 1 aromatic heterocycles. The lowest BCUT2D eigenvalue weighted by atomic mass is 10.0. The highest BCUT2D eigenvalue weighted by Gasteiger charge is 2.38. The zero-order valence-corrected chi connectivity index (χ0v) is 20.3. The molecule has 182 valence electrons. The highest BCUT2D eigenvalue weighted by molar-refractivity contribution is 7.89. The molecule has 34 heavy (non-hydrogen) atoms. The number of aryl methyl sites for hydroxylation is 1. The number of hydrogen-bond donors (Lipinski definition) is 1. The van der Waals surface area contributed by atoms with Gasteiger partial charge in [0.25, 0.3) is 0 Å². The third kappa shape index (κ3) is 4.58. The van der Waals surface area contributed by atoms with Gasteiger partial charge in [0, 0.05) is 19.2 Å². The summed E-state index contributed by atoms with van der Waals surface area (Å²) < 4.78 is 40.8. The molecule has 11 heteroatoms. The summed E-state index contributed by atoms with van der Waals surface area (Å²) in [5.74, 6) is 0.596. The number of hydrogen-bond acceptors (Lipinski definition) is 7. The summed E-state index contributed by atoms with van der Waals surface area (Å²) in [6, 6.07) is 9.01. The van der Waals surface area contributed by atoms with E-state index in [-0.39, 0.29) is 11.4 Å². The number of nitrogens with zero attached hydrogens (tertiary/aromatic N) is 4. The van der Waals surface area contributed by atoms with Crippen LogP contribution in [0, 0.1) is 0 Å². The number of amides is 1. The number of benzene rings is 2. The summed E-state index contributed by atoms with van der Waals surface area (Å²) in [4.78, 5) is 13.4. The minimum atomic E-state index is -3.93. The summed E-state index contributed by atoms with van der Waals surface area (Å²) >= 11 is 0. The highest BCUT2D eigenvalue weighted by atomic mass is 32.2. The predicted octanol–water partition coefficient (Wildman–Crippen LogP) is 3.04. The Labute approximate surface area is 198 Å². The first-order chi connectivity index (χ1) is 16.4. The van der Waals surface area contributed by atoms with E-state index < -0.39 is 22.0 Å². The Morgan fingerprint density at radius 3 is 2.71 bits per heavy atom. The maximum atomic E-state index is 13.6. The predicted molar refractivity (Wildman–Crippen MR) is 128 cm³/mol.